The Morgan fingerprint density at radius 1 is 0.865 bits per heavy atom. The van der Waals surface area contributed by atoms with E-state index < -0.39 is 0 Å². The summed E-state index contributed by atoms with van der Waals surface area (Å²) in [5.74, 6) is 1.20. The van der Waals surface area contributed by atoms with Gasteiger partial charge in [0.15, 0.2) is 5.13 Å². The molecule has 2 aromatic heterocycles. The van der Waals surface area contributed by atoms with Crippen molar-refractivity contribution in [1.29, 1.82) is 0 Å². The number of pyridine rings is 1. The average molecular weight is 513 g/mol. The number of benzene rings is 3. The summed E-state index contributed by atoms with van der Waals surface area (Å²) in [4.78, 5) is 27.8. The number of ether oxygens (including phenoxy) is 2. The minimum absolute atomic E-state index is 0.130. The molecular weight excluding hydrogens is 484 g/mol. The maximum absolute atomic E-state index is 14.3. The van der Waals surface area contributed by atoms with E-state index in [2.05, 4.69) is 4.90 Å². The third-order valence-corrected chi connectivity index (χ3v) is 7.25. The SMILES string of the molecule is COc1ccc(OC)c2sc(N(CCN(C)C)C(=O)c3cc(-c4ccccc4)nc4ccccc34)nc12. The van der Waals surface area contributed by atoms with E-state index in [4.69, 9.17) is 19.4 Å². The molecule has 2 heterocycles. The second-order valence-electron chi connectivity index (χ2n) is 8.84. The molecule has 8 heteroatoms. The zero-order chi connectivity index (χ0) is 25.9. The van der Waals surface area contributed by atoms with Gasteiger partial charge in [-0.2, -0.15) is 0 Å². The number of aromatic nitrogens is 2. The minimum Gasteiger partial charge on any atom is -0.495 e. The minimum atomic E-state index is -0.130. The molecule has 0 radical (unpaired) electrons. The van der Waals surface area contributed by atoms with Crippen molar-refractivity contribution in [3.8, 4) is 22.8 Å². The Balaban J connectivity index is 1.67. The van der Waals surface area contributed by atoms with Gasteiger partial charge in [0.05, 0.1) is 31.0 Å². The topological polar surface area (TPSA) is 67.8 Å². The quantitative estimate of drug-likeness (QED) is 0.264. The molecule has 0 N–H and O–H groups in total. The van der Waals surface area contributed by atoms with Gasteiger partial charge in [0.25, 0.3) is 5.91 Å². The van der Waals surface area contributed by atoms with Crippen LogP contribution in [0.1, 0.15) is 10.4 Å². The van der Waals surface area contributed by atoms with Gasteiger partial charge in [-0.25, -0.2) is 9.97 Å². The monoisotopic (exact) mass is 512 g/mol. The fourth-order valence-electron chi connectivity index (χ4n) is 4.23. The van der Waals surface area contributed by atoms with Gasteiger partial charge in [-0.3, -0.25) is 9.69 Å². The predicted octanol–water partition coefficient (Wildman–Crippen LogP) is 5.74. The number of fused-ring (bicyclic) bond motifs is 2. The largest absolute Gasteiger partial charge is 0.495 e. The number of carbonyl (C=O) groups is 1. The van der Waals surface area contributed by atoms with Gasteiger partial charge in [0.1, 0.15) is 21.7 Å². The van der Waals surface area contributed by atoms with E-state index in [9.17, 15) is 4.79 Å². The number of nitrogens with zero attached hydrogens (tertiary/aromatic N) is 4. The number of carbonyl (C=O) groups excluding carboxylic acids is 1. The first-order valence-electron chi connectivity index (χ1n) is 11.9. The highest BCUT2D eigenvalue weighted by Gasteiger charge is 2.26. The highest BCUT2D eigenvalue weighted by molar-refractivity contribution is 7.22. The smallest absolute Gasteiger partial charge is 0.260 e. The molecule has 0 aliphatic heterocycles. The predicted molar refractivity (Wildman–Crippen MR) is 150 cm³/mol. The first kappa shape index (κ1) is 24.7. The number of anilines is 1. The molecule has 0 spiro atoms. The van der Waals surface area contributed by atoms with Gasteiger partial charge in [-0.05, 0) is 38.4 Å². The fourth-order valence-corrected chi connectivity index (χ4v) is 5.33. The van der Waals surface area contributed by atoms with E-state index in [1.54, 1.807) is 19.1 Å². The van der Waals surface area contributed by atoms with Crippen molar-refractivity contribution in [2.45, 2.75) is 0 Å². The first-order valence-corrected chi connectivity index (χ1v) is 12.7. The normalized spacial score (nSPS) is 11.3. The summed E-state index contributed by atoms with van der Waals surface area (Å²) in [6.45, 7) is 1.14. The summed E-state index contributed by atoms with van der Waals surface area (Å²) >= 11 is 1.42. The van der Waals surface area contributed by atoms with Crippen molar-refractivity contribution in [2.75, 3.05) is 46.3 Å². The Morgan fingerprint density at radius 3 is 2.30 bits per heavy atom. The Hall–Kier alpha value is -4.01. The molecule has 0 aliphatic rings. The number of hydrogen-bond acceptors (Lipinski definition) is 7. The summed E-state index contributed by atoms with van der Waals surface area (Å²) in [5.41, 5.74) is 3.74. The lowest BCUT2D eigenvalue weighted by Crippen LogP contribution is -2.37. The number of thiazole rings is 1. The number of methoxy groups -OCH3 is 2. The van der Waals surface area contributed by atoms with Crippen LogP contribution < -0.4 is 14.4 Å². The molecule has 0 atom stereocenters. The molecule has 0 unspecified atom stereocenters. The summed E-state index contributed by atoms with van der Waals surface area (Å²) in [6, 6.07) is 23.2. The van der Waals surface area contributed by atoms with Crippen LogP contribution in [0.25, 0.3) is 32.4 Å². The lowest BCUT2D eigenvalue weighted by atomic mass is 10.0. The maximum Gasteiger partial charge on any atom is 0.260 e. The van der Waals surface area contributed by atoms with Crippen molar-refractivity contribution in [3.05, 3.63) is 78.4 Å². The van der Waals surface area contributed by atoms with Crippen LogP contribution in [-0.2, 0) is 0 Å². The molecule has 1 amide bonds. The first-order chi connectivity index (χ1) is 18.0. The summed E-state index contributed by atoms with van der Waals surface area (Å²) < 4.78 is 12.0. The van der Waals surface area contributed by atoms with E-state index in [0.717, 1.165) is 26.9 Å². The molecule has 37 heavy (non-hydrogen) atoms. The van der Waals surface area contributed by atoms with Crippen molar-refractivity contribution in [3.63, 3.8) is 0 Å². The van der Waals surface area contributed by atoms with Crippen LogP contribution in [0.2, 0.25) is 0 Å². The van der Waals surface area contributed by atoms with Crippen molar-refractivity contribution >= 4 is 43.5 Å². The third kappa shape index (κ3) is 4.85. The second kappa shape index (κ2) is 10.5. The number of rotatable bonds is 8. The lowest BCUT2D eigenvalue weighted by Gasteiger charge is -2.23. The van der Waals surface area contributed by atoms with E-state index in [1.807, 2.05) is 86.9 Å². The number of hydrogen-bond donors (Lipinski definition) is 0. The molecule has 0 bridgehead atoms. The van der Waals surface area contributed by atoms with E-state index in [-0.39, 0.29) is 5.91 Å². The fraction of sp³-hybridized carbons (Fsp3) is 0.207. The molecule has 0 aliphatic carbocycles. The standard InChI is InChI=1S/C29H28N4O3S/c1-32(2)16-17-33(29-31-26-24(35-3)14-15-25(36-4)27(26)37-29)28(34)21-18-23(19-10-6-5-7-11-19)30-22-13-9-8-12-20(21)22/h5-15,18H,16-17H2,1-4H3. The number of para-hydroxylation sites is 1. The van der Waals surface area contributed by atoms with Crippen LogP contribution in [0.15, 0.2) is 72.8 Å². The second-order valence-corrected chi connectivity index (χ2v) is 9.82. The highest BCUT2D eigenvalue weighted by atomic mass is 32.1. The molecule has 3 aromatic carbocycles. The highest BCUT2D eigenvalue weighted by Crippen LogP contribution is 2.40. The zero-order valence-corrected chi connectivity index (χ0v) is 22.1. The van der Waals surface area contributed by atoms with Gasteiger partial charge >= 0.3 is 0 Å². The van der Waals surface area contributed by atoms with Crippen LogP contribution in [0, 0.1) is 0 Å². The Labute approximate surface area is 219 Å². The summed E-state index contributed by atoms with van der Waals surface area (Å²) in [5, 5.41) is 1.39. The van der Waals surface area contributed by atoms with Crippen LogP contribution in [0.5, 0.6) is 11.5 Å². The molecule has 5 aromatic rings. The molecule has 188 valence electrons. The van der Waals surface area contributed by atoms with Crippen molar-refractivity contribution < 1.29 is 14.3 Å². The van der Waals surface area contributed by atoms with Gasteiger partial charge in [-0.1, -0.05) is 59.9 Å². The van der Waals surface area contributed by atoms with E-state index >= 15 is 0 Å². The van der Waals surface area contributed by atoms with Gasteiger partial charge in [0.2, 0.25) is 0 Å². The van der Waals surface area contributed by atoms with Crippen LogP contribution in [-0.4, -0.2) is 62.2 Å². The molecule has 7 nitrogen and oxygen atoms in total. The Bertz CT molecular complexity index is 1530. The Morgan fingerprint density at radius 2 is 1.57 bits per heavy atom. The van der Waals surface area contributed by atoms with Crippen LogP contribution >= 0.6 is 11.3 Å². The molecule has 5 rings (SSSR count). The Kier molecular flexibility index (Phi) is 7.03. The zero-order valence-electron chi connectivity index (χ0n) is 21.3. The van der Waals surface area contributed by atoms with Gasteiger partial charge < -0.3 is 14.4 Å². The number of amides is 1. The average Bonchev–Trinajstić information content (AvgIpc) is 3.37. The maximum atomic E-state index is 14.3. The lowest BCUT2D eigenvalue weighted by molar-refractivity contribution is 0.0986. The molecule has 0 saturated carbocycles. The molecule has 0 fully saturated rings. The van der Waals surface area contributed by atoms with Gasteiger partial charge in [-0.15, -0.1) is 0 Å². The number of likely N-dealkylation sites (N-methyl/N-ethyl adjacent to an activating group) is 1. The summed E-state index contributed by atoms with van der Waals surface area (Å²) in [6.07, 6.45) is 0. The van der Waals surface area contributed by atoms with E-state index in [0.29, 0.717) is 40.8 Å². The van der Waals surface area contributed by atoms with Crippen molar-refractivity contribution in [2.24, 2.45) is 0 Å². The van der Waals surface area contributed by atoms with E-state index in [1.165, 1.54) is 11.3 Å². The third-order valence-electron chi connectivity index (χ3n) is 6.16. The molecule has 0 saturated heterocycles. The van der Waals surface area contributed by atoms with Crippen LogP contribution in [0.3, 0.4) is 0 Å². The van der Waals surface area contributed by atoms with Crippen LogP contribution in [0.4, 0.5) is 5.13 Å². The van der Waals surface area contributed by atoms with Crippen molar-refractivity contribution in [1.82, 2.24) is 14.9 Å². The summed E-state index contributed by atoms with van der Waals surface area (Å²) in [7, 11) is 7.22. The molecular formula is C29H28N4O3S. The van der Waals surface area contributed by atoms with Gasteiger partial charge in [0, 0.05) is 24.0 Å².